The minimum Gasteiger partial charge on any atom is -0.339 e. The first-order valence-corrected chi connectivity index (χ1v) is 7.33. The molecular weight excluding hydrogens is 266 g/mol. The largest absolute Gasteiger partial charge is 0.339 e. The number of aromatic nitrogens is 2. The van der Waals surface area contributed by atoms with E-state index in [1.807, 2.05) is 29.2 Å². The Labute approximate surface area is 124 Å². The summed E-state index contributed by atoms with van der Waals surface area (Å²) < 4.78 is 5.12. The highest BCUT2D eigenvalue weighted by Gasteiger charge is 2.21. The highest BCUT2D eigenvalue weighted by Crippen LogP contribution is 2.21. The van der Waals surface area contributed by atoms with Crippen LogP contribution in [0.25, 0.3) is 11.5 Å². The van der Waals surface area contributed by atoms with Gasteiger partial charge in [0.2, 0.25) is 0 Å². The molecule has 3 rings (SSSR count). The zero-order valence-corrected chi connectivity index (χ0v) is 12.4. The molecule has 21 heavy (non-hydrogen) atoms. The number of aryl methyl sites for hydroxylation is 1. The van der Waals surface area contributed by atoms with Gasteiger partial charge in [0.25, 0.3) is 11.8 Å². The van der Waals surface area contributed by atoms with Crippen LogP contribution in [-0.2, 0) is 0 Å². The minimum absolute atomic E-state index is 0.107. The number of benzene rings is 1. The molecule has 110 valence electrons. The lowest BCUT2D eigenvalue weighted by Crippen LogP contribution is -2.37. The van der Waals surface area contributed by atoms with Crippen LogP contribution in [-0.4, -0.2) is 34.0 Å². The van der Waals surface area contributed by atoms with E-state index in [1.165, 1.54) is 0 Å². The van der Waals surface area contributed by atoms with Crippen molar-refractivity contribution in [2.75, 3.05) is 13.1 Å². The van der Waals surface area contributed by atoms with E-state index in [0.29, 0.717) is 17.3 Å². The Morgan fingerprint density at radius 1 is 1.24 bits per heavy atom. The molecule has 0 atom stereocenters. The molecule has 0 radical (unpaired) electrons. The van der Waals surface area contributed by atoms with Gasteiger partial charge in [0.1, 0.15) is 0 Å². The second-order valence-corrected chi connectivity index (χ2v) is 5.70. The molecule has 1 fully saturated rings. The van der Waals surface area contributed by atoms with Gasteiger partial charge in [-0.1, -0.05) is 12.1 Å². The molecule has 1 aliphatic rings. The van der Waals surface area contributed by atoms with Gasteiger partial charge in [-0.2, -0.15) is 4.98 Å². The lowest BCUT2D eigenvalue weighted by molar-refractivity contribution is 0.0697. The SMILES string of the molecule is Cc1noc(-c2ccc(C(=O)N3CCC(C)CC3)cc2)n1. The fourth-order valence-electron chi connectivity index (χ4n) is 2.56. The number of hydrogen-bond donors (Lipinski definition) is 0. The summed E-state index contributed by atoms with van der Waals surface area (Å²) >= 11 is 0. The molecule has 1 saturated heterocycles. The van der Waals surface area contributed by atoms with E-state index >= 15 is 0 Å². The summed E-state index contributed by atoms with van der Waals surface area (Å²) in [6, 6.07) is 7.37. The fraction of sp³-hybridized carbons (Fsp3) is 0.438. The molecule has 0 N–H and O–H groups in total. The number of nitrogens with zero attached hydrogens (tertiary/aromatic N) is 3. The highest BCUT2D eigenvalue weighted by atomic mass is 16.5. The van der Waals surface area contributed by atoms with Crippen molar-refractivity contribution in [1.29, 1.82) is 0 Å². The van der Waals surface area contributed by atoms with Crippen LogP contribution in [0.5, 0.6) is 0 Å². The van der Waals surface area contributed by atoms with E-state index in [4.69, 9.17) is 4.52 Å². The average Bonchev–Trinajstić information content (AvgIpc) is 2.94. The number of carbonyl (C=O) groups excluding carboxylic acids is 1. The second kappa shape index (κ2) is 5.68. The summed E-state index contributed by atoms with van der Waals surface area (Å²) in [5.41, 5.74) is 1.55. The van der Waals surface area contributed by atoms with Gasteiger partial charge in [0.05, 0.1) is 0 Å². The van der Waals surface area contributed by atoms with Crippen LogP contribution in [0, 0.1) is 12.8 Å². The lowest BCUT2D eigenvalue weighted by Gasteiger charge is -2.30. The quantitative estimate of drug-likeness (QED) is 0.851. The minimum atomic E-state index is 0.107. The van der Waals surface area contributed by atoms with E-state index in [2.05, 4.69) is 17.1 Å². The predicted octanol–water partition coefficient (Wildman–Crippen LogP) is 2.92. The van der Waals surface area contributed by atoms with Gasteiger partial charge in [0, 0.05) is 24.2 Å². The number of carbonyl (C=O) groups is 1. The van der Waals surface area contributed by atoms with Crippen LogP contribution in [0.1, 0.15) is 35.9 Å². The van der Waals surface area contributed by atoms with Crippen LogP contribution in [0.4, 0.5) is 0 Å². The maximum absolute atomic E-state index is 12.4. The van der Waals surface area contributed by atoms with E-state index in [0.717, 1.165) is 37.4 Å². The highest BCUT2D eigenvalue weighted by molar-refractivity contribution is 5.94. The molecule has 1 aliphatic heterocycles. The van der Waals surface area contributed by atoms with Crippen LogP contribution in [0.3, 0.4) is 0 Å². The summed E-state index contributed by atoms with van der Waals surface area (Å²) in [6.07, 6.45) is 2.18. The molecule has 0 aliphatic carbocycles. The number of amides is 1. The van der Waals surface area contributed by atoms with Crippen molar-refractivity contribution < 1.29 is 9.32 Å². The van der Waals surface area contributed by atoms with E-state index in [-0.39, 0.29) is 5.91 Å². The van der Waals surface area contributed by atoms with Gasteiger partial charge in [-0.25, -0.2) is 0 Å². The van der Waals surface area contributed by atoms with Gasteiger partial charge in [-0.3, -0.25) is 4.79 Å². The third kappa shape index (κ3) is 2.96. The Kier molecular flexibility index (Phi) is 3.73. The van der Waals surface area contributed by atoms with Crippen LogP contribution < -0.4 is 0 Å². The van der Waals surface area contributed by atoms with E-state index in [9.17, 15) is 4.79 Å². The first-order valence-electron chi connectivity index (χ1n) is 7.33. The Morgan fingerprint density at radius 2 is 1.90 bits per heavy atom. The summed E-state index contributed by atoms with van der Waals surface area (Å²) in [6.45, 7) is 5.72. The molecular formula is C16H19N3O2. The predicted molar refractivity (Wildman–Crippen MR) is 78.8 cm³/mol. The van der Waals surface area contributed by atoms with Crippen molar-refractivity contribution in [3.8, 4) is 11.5 Å². The molecule has 1 aromatic heterocycles. The molecule has 1 amide bonds. The molecule has 5 heteroatoms. The number of hydrogen-bond acceptors (Lipinski definition) is 4. The monoisotopic (exact) mass is 285 g/mol. The molecule has 0 saturated carbocycles. The number of piperidine rings is 1. The third-order valence-corrected chi connectivity index (χ3v) is 3.98. The Morgan fingerprint density at radius 3 is 2.48 bits per heavy atom. The zero-order valence-electron chi connectivity index (χ0n) is 12.4. The number of likely N-dealkylation sites (tertiary alicyclic amines) is 1. The molecule has 1 aromatic carbocycles. The van der Waals surface area contributed by atoms with Crippen LogP contribution in [0.15, 0.2) is 28.8 Å². The van der Waals surface area contributed by atoms with E-state index in [1.54, 1.807) is 6.92 Å². The van der Waals surface area contributed by atoms with Crippen LogP contribution in [0.2, 0.25) is 0 Å². The van der Waals surface area contributed by atoms with Crippen molar-refractivity contribution >= 4 is 5.91 Å². The Balaban J connectivity index is 1.73. The van der Waals surface area contributed by atoms with Gasteiger partial charge in [-0.05, 0) is 49.9 Å². The Bertz CT molecular complexity index is 625. The number of rotatable bonds is 2. The topological polar surface area (TPSA) is 59.2 Å². The van der Waals surface area contributed by atoms with Crippen molar-refractivity contribution in [3.63, 3.8) is 0 Å². The van der Waals surface area contributed by atoms with Gasteiger partial charge >= 0.3 is 0 Å². The fourth-order valence-corrected chi connectivity index (χ4v) is 2.56. The van der Waals surface area contributed by atoms with Crippen molar-refractivity contribution in [2.24, 2.45) is 5.92 Å². The molecule has 2 aromatic rings. The molecule has 5 nitrogen and oxygen atoms in total. The van der Waals surface area contributed by atoms with Crippen molar-refractivity contribution in [2.45, 2.75) is 26.7 Å². The first-order chi connectivity index (χ1) is 10.1. The maximum atomic E-state index is 12.4. The zero-order chi connectivity index (χ0) is 14.8. The summed E-state index contributed by atoms with van der Waals surface area (Å²) in [5, 5.41) is 3.77. The summed E-state index contributed by atoms with van der Waals surface area (Å²) in [4.78, 5) is 18.5. The molecule has 2 heterocycles. The van der Waals surface area contributed by atoms with Crippen molar-refractivity contribution in [1.82, 2.24) is 15.0 Å². The molecule has 0 bridgehead atoms. The standard InChI is InChI=1S/C16H19N3O2/c1-11-7-9-19(10-8-11)16(20)14-5-3-13(4-6-14)15-17-12(2)18-21-15/h3-6,11H,7-10H2,1-2H3. The van der Waals surface area contributed by atoms with Gasteiger partial charge in [0.15, 0.2) is 5.82 Å². The smallest absolute Gasteiger partial charge is 0.257 e. The van der Waals surface area contributed by atoms with Crippen LogP contribution >= 0.6 is 0 Å². The maximum Gasteiger partial charge on any atom is 0.257 e. The molecule has 0 spiro atoms. The first kappa shape index (κ1) is 13.8. The summed E-state index contributed by atoms with van der Waals surface area (Å²) in [5.74, 6) is 1.92. The van der Waals surface area contributed by atoms with E-state index < -0.39 is 0 Å². The Hall–Kier alpha value is -2.17. The average molecular weight is 285 g/mol. The second-order valence-electron chi connectivity index (χ2n) is 5.70. The van der Waals surface area contributed by atoms with Gasteiger partial charge in [-0.15, -0.1) is 0 Å². The van der Waals surface area contributed by atoms with Crippen molar-refractivity contribution in [3.05, 3.63) is 35.7 Å². The van der Waals surface area contributed by atoms with Gasteiger partial charge < -0.3 is 9.42 Å². The third-order valence-electron chi connectivity index (χ3n) is 3.98. The molecule has 0 unspecified atom stereocenters. The summed E-state index contributed by atoms with van der Waals surface area (Å²) in [7, 11) is 0. The lowest BCUT2D eigenvalue weighted by atomic mass is 9.98. The normalized spacial score (nSPS) is 16.2.